The molecule has 0 aliphatic rings. The van der Waals surface area contributed by atoms with E-state index in [4.69, 9.17) is 4.52 Å². The molecule has 1 aromatic carbocycles. The predicted molar refractivity (Wildman–Crippen MR) is 89.3 cm³/mol. The van der Waals surface area contributed by atoms with Crippen LogP contribution in [0.4, 0.5) is 4.39 Å². The zero-order chi connectivity index (χ0) is 18.0. The van der Waals surface area contributed by atoms with Crippen LogP contribution in [0, 0.1) is 19.7 Å². The number of nitrogens with zero attached hydrogens (tertiary/aromatic N) is 3. The number of hydrogen-bond donors (Lipinski definition) is 1. The Morgan fingerprint density at radius 3 is 2.72 bits per heavy atom. The van der Waals surface area contributed by atoms with Gasteiger partial charge in [0.25, 0.3) is 0 Å². The number of amides is 1. The average Bonchev–Trinajstić information content (AvgIpc) is 3.14. The Morgan fingerprint density at radius 2 is 2.12 bits per heavy atom. The maximum Gasteiger partial charge on any atom is 0.225 e. The molecule has 130 valence electrons. The van der Waals surface area contributed by atoms with Crippen molar-refractivity contribution in [1.29, 1.82) is 0 Å². The largest absolute Gasteiger partial charge is 0.361 e. The molecule has 0 bridgehead atoms. The highest BCUT2D eigenvalue weighted by Gasteiger charge is 2.24. The number of halogens is 1. The highest BCUT2D eigenvalue weighted by atomic mass is 19.1. The van der Waals surface area contributed by atoms with Crippen molar-refractivity contribution in [3.63, 3.8) is 0 Å². The summed E-state index contributed by atoms with van der Waals surface area (Å²) >= 11 is 0. The van der Waals surface area contributed by atoms with E-state index in [-0.39, 0.29) is 12.3 Å². The van der Waals surface area contributed by atoms with Crippen LogP contribution < -0.4 is 5.32 Å². The van der Waals surface area contributed by atoms with Crippen LogP contribution in [0.25, 0.3) is 0 Å². The van der Waals surface area contributed by atoms with E-state index in [1.807, 2.05) is 0 Å². The SMILES string of the molecule is Cc1noc(C)c1CC(=O)NC(c1ccccc1F)c1nccn1C. The lowest BCUT2D eigenvalue weighted by Gasteiger charge is -2.19. The summed E-state index contributed by atoms with van der Waals surface area (Å²) < 4.78 is 21.2. The van der Waals surface area contributed by atoms with Crippen molar-refractivity contribution >= 4 is 5.91 Å². The molecule has 0 radical (unpaired) electrons. The first-order chi connectivity index (χ1) is 12.0. The van der Waals surface area contributed by atoms with Gasteiger partial charge in [-0.3, -0.25) is 4.79 Å². The van der Waals surface area contributed by atoms with Gasteiger partial charge in [0.2, 0.25) is 5.91 Å². The standard InChI is InChI=1S/C18H19FN4O2/c1-11-14(12(2)25-22-11)10-16(24)21-17(18-20-8-9-23(18)3)13-6-4-5-7-15(13)19/h4-9,17H,10H2,1-3H3,(H,21,24). The molecule has 6 nitrogen and oxygen atoms in total. The Labute approximate surface area is 144 Å². The second-order valence-electron chi connectivity index (χ2n) is 5.90. The van der Waals surface area contributed by atoms with Crippen molar-refractivity contribution in [1.82, 2.24) is 20.0 Å². The Bertz CT molecular complexity index is 881. The molecule has 1 atom stereocenters. The molecule has 7 heteroatoms. The highest BCUT2D eigenvalue weighted by molar-refractivity contribution is 5.79. The first kappa shape index (κ1) is 16.9. The fourth-order valence-electron chi connectivity index (χ4n) is 2.77. The first-order valence-electron chi connectivity index (χ1n) is 7.90. The van der Waals surface area contributed by atoms with Crippen LogP contribution in [0.15, 0.2) is 41.2 Å². The van der Waals surface area contributed by atoms with E-state index < -0.39 is 11.9 Å². The highest BCUT2D eigenvalue weighted by Crippen LogP contribution is 2.23. The number of carbonyl (C=O) groups is 1. The fraction of sp³-hybridized carbons (Fsp3) is 0.278. The van der Waals surface area contributed by atoms with E-state index in [0.717, 1.165) is 5.56 Å². The molecular weight excluding hydrogens is 323 g/mol. The molecule has 0 saturated heterocycles. The monoisotopic (exact) mass is 342 g/mol. The predicted octanol–water partition coefficient (Wildman–Crippen LogP) is 2.61. The molecule has 25 heavy (non-hydrogen) atoms. The lowest BCUT2D eigenvalue weighted by Crippen LogP contribution is -2.33. The Balaban J connectivity index is 1.90. The molecule has 0 aliphatic heterocycles. The third-order valence-electron chi connectivity index (χ3n) is 4.16. The van der Waals surface area contributed by atoms with Gasteiger partial charge in [0.1, 0.15) is 23.4 Å². The molecule has 2 heterocycles. The second-order valence-corrected chi connectivity index (χ2v) is 5.90. The summed E-state index contributed by atoms with van der Waals surface area (Å²) in [5.74, 6) is 0.503. The van der Waals surface area contributed by atoms with E-state index in [0.29, 0.717) is 22.8 Å². The number of imidazole rings is 1. The average molecular weight is 342 g/mol. The van der Waals surface area contributed by atoms with E-state index in [1.165, 1.54) is 6.07 Å². The summed E-state index contributed by atoms with van der Waals surface area (Å²) in [5.41, 5.74) is 1.78. The summed E-state index contributed by atoms with van der Waals surface area (Å²) in [7, 11) is 1.80. The molecule has 1 unspecified atom stereocenters. The zero-order valence-corrected chi connectivity index (χ0v) is 14.3. The molecule has 1 amide bonds. The molecule has 2 aromatic heterocycles. The van der Waals surface area contributed by atoms with Crippen LogP contribution in [0.5, 0.6) is 0 Å². The molecule has 3 aromatic rings. The number of benzene rings is 1. The number of aromatic nitrogens is 3. The van der Waals surface area contributed by atoms with Crippen molar-refractivity contribution in [3.05, 3.63) is 70.9 Å². The summed E-state index contributed by atoms with van der Waals surface area (Å²) in [6.45, 7) is 3.54. The van der Waals surface area contributed by atoms with Gasteiger partial charge in [-0.1, -0.05) is 23.4 Å². The van der Waals surface area contributed by atoms with E-state index in [1.54, 1.807) is 56.1 Å². The van der Waals surface area contributed by atoms with Gasteiger partial charge in [-0.15, -0.1) is 0 Å². The minimum Gasteiger partial charge on any atom is -0.361 e. The van der Waals surface area contributed by atoms with Crippen molar-refractivity contribution in [2.75, 3.05) is 0 Å². The third kappa shape index (κ3) is 3.45. The Morgan fingerprint density at radius 1 is 1.36 bits per heavy atom. The van der Waals surface area contributed by atoms with Crippen molar-refractivity contribution in [3.8, 4) is 0 Å². The van der Waals surface area contributed by atoms with Gasteiger partial charge in [-0.25, -0.2) is 9.37 Å². The number of aryl methyl sites for hydroxylation is 3. The topological polar surface area (TPSA) is 73.0 Å². The fourth-order valence-corrected chi connectivity index (χ4v) is 2.77. The Hall–Kier alpha value is -2.96. The van der Waals surface area contributed by atoms with Gasteiger partial charge in [-0.05, 0) is 19.9 Å². The smallest absolute Gasteiger partial charge is 0.225 e. The minimum atomic E-state index is -0.686. The molecule has 0 saturated carbocycles. The van der Waals surface area contributed by atoms with Gasteiger partial charge in [-0.2, -0.15) is 0 Å². The normalized spacial score (nSPS) is 12.2. The van der Waals surface area contributed by atoms with E-state index in [2.05, 4.69) is 15.5 Å². The summed E-state index contributed by atoms with van der Waals surface area (Å²) in [4.78, 5) is 16.8. The number of rotatable bonds is 5. The van der Waals surface area contributed by atoms with Crippen molar-refractivity contribution < 1.29 is 13.7 Å². The van der Waals surface area contributed by atoms with E-state index >= 15 is 0 Å². The number of hydrogen-bond acceptors (Lipinski definition) is 4. The molecule has 0 spiro atoms. The van der Waals surface area contributed by atoms with Crippen LogP contribution in [-0.4, -0.2) is 20.6 Å². The first-order valence-corrected chi connectivity index (χ1v) is 7.90. The molecule has 0 fully saturated rings. The quantitative estimate of drug-likeness (QED) is 0.773. The maximum absolute atomic E-state index is 14.3. The van der Waals surface area contributed by atoms with Crippen LogP contribution in [0.3, 0.4) is 0 Å². The van der Waals surface area contributed by atoms with Crippen LogP contribution >= 0.6 is 0 Å². The van der Waals surface area contributed by atoms with Gasteiger partial charge in [0.15, 0.2) is 0 Å². The van der Waals surface area contributed by atoms with E-state index in [9.17, 15) is 9.18 Å². The molecule has 1 N–H and O–H groups in total. The van der Waals surface area contributed by atoms with Gasteiger partial charge < -0.3 is 14.4 Å². The van der Waals surface area contributed by atoms with Crippen LogP contribution in [-0.2, 0) is 18.3 Å². The molecular formula is C18H19FN4O2. The van der Waals surface area contributed by atoms with Crippen LogP contribution in [0.1, 0.15) is 34.4 Å². The maximum atomic E-state index is 14.3. The number of carbonyl (C=O) groups excluding carboxylic acids is 1. The Kier molecular flexibility index (Phi) is 4.65. The van der Waals surface area contributed by atoms with Gasteiger partial charge in [0.05, 0.1) is 12.1 Å². The third-order valence-corrected chi connectivity index (χ3v) is 4.16. The molecule has 3 rings (SSSR count). The number of nitrogens with one attached hydrogen (secondary N) is 1. The lowest BCUT2D eigenvalue weighted by atomic mass is 10.0. The van der Waals surface area contributed by atoms with Gasteiger partial charge in [0, 0.05) is 30.6 Å². The van der Waals surface area contributed by atoms with Crippen molar-refractivity contribution in [2.24, 2.45) is 7.05 Å². The minimum absolute atomic E-state index is 0.108. The molecule has 0 aliphatic carbocycles. The summed E-state index contributed by atoms with van der Waals surface area (Å²) in [6, 6.07) is 5.67. The summed E-state index contributed by atoms with van der Waals surface area (Å²) in [5, 5.41) is 6.73. The second kappa shape index (κ2) is 6.88. The van der Waals surface area contributed by atoms with Gasteiger partial charge >= 0.3 is 0 Å². The zero-order valence-electron chi connectivity index (χ0n) is 14.3. The van der Waals surface area contributed by atoms with Crippen molar-refractivity contribution in [2.45, 2.75) is 26.3 Å². The lowest BCUT2D eigenvalue weighted by molar-refractivity contribution is -0.121. The van der Waals surface area contributed by atoms with Crippen LogP contribution in [0.2, 0.25) is 0 Å². The summed E-state index contributed by atoms with van der Waals surface area (Å²) in [6.07, 6.45) is 3.48.